The lowest BCUT2D eigenvalue weighted by molar-refractivity contribution is 0.485. The number of ether oxygens (including phenoxy) is 1. The van der Waals surface area contributed by atoms with Crippen LogP contribution in [0.3, 0.4) is 0 Å². The Morgan fingerprint density at radius 2 is 1.40 bits per heavy atom. The Labute approximate surface area is 133 Å². The third kappa shape index (κ3) is 2.81. The Bertz CT molecular complexity index is 787. The second-order valence-electron chi connectivity index (χ2n) is 4.44. The van der Waals surface area contributed by atoms with Crippen molar-refractivity contribution in [2.75, 3.05) is 5.73 Å². The van der Waals surface area contributed by atoms with Crippen molar-refractivity contribution < 1.29 is 4.74 Å². The number of halogens is 2. The standard InChI is InChI=1S/C16H11Br2NO/c17-12-3-1-11-8-14(5-2-10(11)7-12)20-16-9-13(18)4-6-15(16)19/h1-9H,19H2. The molecule has 0 aromatic heterocycles. The largest absolute Gasteiger partial charge is 0.455 e. The van der Waals surface area contributed by atoms with E-state index in [1.54, 1.807) is 0 Å². The second kappa shape index (κ2) is 5.46. The van der Waals surface area contributed by atoms with Gasteiger partial charge < -0.3 is 10.5 Å². The van der Waals surface area contributed by atoms with Gasteiger partial charge in [-0.1, -0.05) is 44.0 Å². The fourth-order valence-corrected chi connectivity index (χ4v) is 2.70. The SMILES string of the molecule is Nc1ccc(Br)cc1Oc1ccc2cc(Br)ccc2c1. The molecule has 2 N–H and O–H groups in total. The van der Waals surface area contributed by atoms with Crippen LogP contribution in [0.4, 0.5) is 5.69 Å². The highest BCUT2D eigenvalue weighted by atomic mass is 79.9. The van der Waals surface area contributed by atoms with Crippen molar-refractivity contribution in [3.8, 4) is 11.5 Å². The van der Waals surface area contributed by atoms with Gasteiger partial charge in [0.05, 0.1) is 5.69 Å². The van der Waals surface area contributed by atoms with Gasteiger partial charge in [0.15, 0.2) is 5.75 Å². The number of nitrogens with two attached hydrogens (primary N) is 1. The van der Waals surface area contributed by atoms with Gasteiger partial charge in [0.1, 0.15) is 5.75 Å². The van der Waals surface area contributed by atoms with Gasteiger partial charge in [-0.05, 0) is 53.2 Å². The molecule has 2 nitrogen and oxygen atoms in total. The molecule has 3 rings (SSSR count). The van der Waals surface area contributed by atoms with E-state index in [-0.39, 0.29) is 0 Å². The molecule has 3 aromatic rings. The Kier molecular flexibility index (Phi) is 3.68. The van der Waals surface area contributed by atoms with Gasteiger partial charge in [-0.2, -0.15) is 0 Å². The van der Waals surface area contributed by atoms with Crippen molar-refractivity contribution in [3.63, 3.8) is 0 Å². The maximum absolute atomic E-state index is 5.92. The van der Waals surface area contributed by atoms with Crippen molar-refractivity contribution >= 4 is 48.3 Å². The van der Waals surface area contributed by atoms with E-state index in [9.17, 15) is 0 Å². The summed E-state index contributed by atoms with van der Waals surface area (Å²) < 4.78 is 7.86. The summed E-state index contributed by atoms with van der Waals surface area (Å²) in [6.45, 7) is 0. The minimum absolute atomic E-state index is 0.615. The normalized spacial score (nSPS) is 10.7. The first-order valence-corrected chi connectivity index (χ1v) is 7.62. The number of fused-ring (bicyclic) bond motifs is 1. The zero-order chi connectivity index (χ0) is 14.1. The van der Waals surface area contributed by atoms with Crippen LogP contribution < -0.4 is 10.5 Å². The van der Waals surface area contributed by atoms with Gasteiger partial charge in [0.2, 0.25) is 0 Å². The van der Waals surface area contributed by atoms with E-state index in [1.807, 2.05) is 42.5 Å². The number of rotatable bonds is 2. The molecule has 0 heterocycles. The highest BCUT2D eigenvalue weighted by molar-refractivity contribution is 9.10. The van der Waals surface area contributed by atoms with Crippen LogP contribution in [0, 0.1) is 0 Å². The summed E-state index contributed by atoms with van der Waals surface area (Å²) in [6.07, 6.45) is 0. The predicted molar refractivity (Wildman–Crippen MR) is 90.3 cm³/mol. The molecule has 0 fully saturated rings. The van der Waals surface area contributed by atoms with Crippen LogP contribution in [0.5, 0.6) is 11.5 Å². The molecule has 0 radical (unpaired) electrons. The summed E-state index contributed by atoms with van der Waals surface area (Å²) in [5, 5.41) is 2.29. The zero-order valence-corrected chi connectivity index (χ0v) is 13.6. The highest BCUT2D eigenvalue weighted by Gasteiger charge is 2.04. The molecule has 3 aromatic carbocycles. The van der Waals surface area contributed by atoms with Gasteiger partial charge >= 0.3 is 0 Å². The summed E-state index contributed by atoms with van der Waals surface area (Å²) in [4.78, 5) is 0. The van der Waals surface area contributed by atoms with Crippen molar-refractivity contribution in [2.45, 2.75) is 0 Å². The molecule has 0 saturated carbocycles. The zero-order valence-electron chi connectivity index (χ0n) is 10.4. The summed E-state index contributed by atoms with van der Waals surface area (Å²) in [5.41, 5.74) is 6.53. The lowest BCUT2D eigenvalue weighted by Gasteiger charge is -2.10. The lowest BCUT2D eigenvalue weighted by atomic mass is 10.1. The van der Waals surface area contributed by atoms with Crippen molar-refractivity contribution in [1.82, 2.24) is 0 Å². The van der Waals surface area contributed by atoms with Gasteiger partial charge in [-0.25, -0.2) is 0 Å². The summed E-state index contributed by atoms with van der Waals surface area (Å²) in [6, 6.07) is 17.7. The van der Waals surface area contributed by atoms with Crippen LogP contribution in [0.1, 0.15) is 0 Å². The molecular weight excluding hydrogens is 382 g/mol. The number of hydrogen-bond donors (Lipinski definition) is 1. The summed E-state index contributed by atoms with van der Waals surface area (Å²) in [7, 11) is 0. The third-order valence-corrected chi connectivity index (χ3v) is 3.96. The second-order valence-corrected chi connectivity index (χ2v) is 6.27. The van der Waals surface area contributed by atoms with Crippen LogP contribution in [-0.4, -0.2) is 0 Å². The maximum atomic E-state index is 5.92. The monoisotopic (exact) mass is 391 g/mol. The molecular formula is C16H11Br2NO. The Hall–Kier alpha value is -1.52. The van der Waals surface area contributed by atoms with E-state index in [0.717, 1.165) is 25.5 Å². The number of benzene rings is 3. The lowest BCUT2D eigenvalue weighted by Crippen LogP contribution is -1.91. The smallest absolute Gasteiger partial charge is 0.151 e. The molecule has 0 atom stereocenters. The Balaban J connectivity index is 1.98. The summed E-state index contributed by atoms with van der Waals surface area (Å²) >= 11 is 6.89. The fourth-order valence-electron chi connectivity index (χ4n) is 1.98. The van der Waals surface area contributed by atoms with Crippen LogP contribution >= 0.6 is 31.9 Å². The van der Waals surface area contributed by atoms with E-state index in [1.165, 1.54) is 0 Å². The quantitative estimate of drug-likeness (QED) is 0.564. The molecule has 20 heavy (non-hydrogen) atoms. The first-order chi connectivity index (χ1) is 9.61. The minimum Gasteiger partial charge on any atom is -0.455 e. The Morgan fingerprint density at radius 1 is 0.750 bits per heavy atom. The number of nitrogen functional groups attached to an aromatic ring is 1. The van der Waals surface area contributed by atoms with Gasteiger partial charge in [-0.3, -0.25) is 0 Å². The third-order valence-electron chi connectivity index (χ3n) is 2.98. The minimum atomic E-state index is 0.615. The summed E-state index contributed by atoms with van der Waals surface area (Å²) in [5.74, 6) is 1.42. The topological polar surface area (TPSA) is 35.2 Å². The highest BCUT2D eigenvalue weighted by Crippen LogP contribution is 2.32. The first kappa shape index (κ1) is 13.5. The van der Waals surface area contributed by atoms with Gasteiger partial charge in [0.25, 0.3) is 0 Å². The molecule has 0 aliphatic heterocycles. The molecule has 0 bridgehead atoms. The van der Waals surface area contributed by atoms with E-state index in [2.05, 4.69) is 44.0 Å². The molecule has 0 spiro atoms. The molecule has 0 aliphatic rings. The predicted octanol–water partition coefficient (Wildman–Crippen LogP) is 5.74. The van der Waals surface area contributed by atoms with Crippen molar-refractivity contribution in [1.29, 1.82) is 0 Å². The molecule has 4 heteroatoms. The molecule has 0 saturated heterocycles. The van der Waals surface area contributed by atoms with E-state index in [4.69, 9.17) is 10.5 Å². The number of hydrogen-bond acceptors (Lipinski definition) is 2. The fraction of sp³-hybridized carbons (Fsp3) is 0. The van der Waals surface area contributed by atoms with E-state index < -0.39 is 0 Å². The van der Waals surface area contributed by atoms with E-state index in [0.29, 0.717) is 11.4 Å². The van der Waals surface area contributed by atoms with Crippen molar-refractivity contribution in [2.24, 2.45) is 0 Å². The van der Waals surface area contributed by atoms with Crippen LogP contribution in [0.15, 0.2) is 63.5 Å². The van der Waals surface area contributed by atoms with Crippen LogP contribution in [-0.2, 0) is 0 Å². The molecule has 100 valence electrons. The average Bonchev–Trinajstić information content (AvgIpc) is 2.43. The van der Waals surface area contributed by atoms with Crippen molar-refractivity contribution in [3.05, 3.63) is 63.5 Å². The Morgan fingerprint density at radius 3 is 2.25 bits per heavy atom. The average molecular weight is 393 g/mol. The van der Waals surface area contributed by atoms with E-state index >= 15 is 0 Å². The van der Waals surface area contributed by atoms with Gasteiger partial charge in [0, 0.05) is 8.95 Å². The molecule has 0 unspecified atom stereocenters. The number of anilines is 1. The molecule has 0 aliphatic carbocycles. The maximum Gasteiger partial charge on any atom is 0.151 e. The first-order valence-electron chi connectivity index (χ1n) is 6.04. The van der Waals surface area contributed by atoms with Crippen LogP contribution in [0.25, 0.3) is 10.8 Å². The van der Waals surface area contributed by atoms with Gasteiger partial charge in [-0.15, -0.1) is 0 Å². The van der Waals surface area contributed by atoms with Crippen LogP contribution in [0.2, 0.25) is 0 Å². The molecule has 0 amide bonds.